The summed E-state index contributed by atoms with van der Waals surface area (Å²) < 4.78 is 10.9. The summed E-state index contributed by atoms with van der Waals surface area (Å²) in [5.41, 5.74) is 0. The van der Waals surface area contributed by atoms with E-state index in [9.17, 15) is 14.7 Å². The van der Waals surface area contributed by atoms with Crippen LogP contribution in [0, 0.1) is 0 Å². The van der Waals surface area contributed by atoms with Crippen molar-refractivity contribution in [2.75, 3.05) is 32.8 Å². The molecule has 1 aliphatic heterocycles. The Labute approximate surface area is 160 Å². The fourth-order valence-electron chi connectivity index (χ4n) is 2.86. The molecule has 0 aliphatic carbocycles. The van der Waals surface area contributed by atoms with Crippen LogP contribution < -0.4 is 14.8 Å². The average molecular weight is 387 g/mol. The largest absolute Gasteiger partial charge is 0.494 e. The number of carboxylic acids is 1. The summed E-state index contributed by atoms with van der Waals surface area (Å²) in [6, 6.07) is 6.75. The quantitative estimate of drug-likeness (QED) is 0.630. The Morgan fingerprint density at radius 2 is 1.85 bits per heavy atom. The van der Waals surface area contributed by atoms with Crippen molar-refractivity contribution in [1.29, 1.82) is 0 Å². The molecule has 1 unspecified atom stereocenters. The van der Waals surface area contributed by atoms with E-state index in [2.05, 4.69) is 5.32 Å². The summed E-state index contributed by atoms with van der Waals surface area (Å²) in [7, 11) is 0. The van der Waals surface area contributed by atoms with E-state index in [1.165, 1.54) is 0 Å². The molecule has 7 nitrogen and oxygen atoms in total. The molecule has 26 heavy (non-hydrogen) atoms. The molecule has 1 amide bonds. The maximum absolute atomic E-state index is 12.0. The van der Waals surface area contributed by atoms with E-state index in [0.29, 0.717) is 38.5 Å². The number of hydrogen-bond acceptors (Lipinski definition) is 5. The second kappa shape index (κ2) is 11.6. The molecule has 0 saturated carbocycles. The highest BCUT2D eigenvalue weighted by Crippen LogP contribution is 2.18. The predicted molar refractivity (Wildman–Crippen MR) is 100 cm³/mol. The third-order valence-electron chi connectivity index (χ3n) is 4.07. The number of nitrogens with zero attached hydrogens (tertiary/aromatic N) is 1. The van der Waals surface area contributed by atoms with Crippen LogP contribution in [-0.4, -0.2) is 60.8 Å². The van der Waals surface area contributed by atoms with E-state index in [0.717, 1.165) is 18.6 Å². The SMILES string of the molecule is CCOc1ccc(OCCNC(=O)CN2CCCCC2C(=O)O)cc1.Cl. The Morgan fingerprint density at radius 3 is 2.46 bits per heavy atom. The molecule has 0 spiro atoms. The van der Waals surface area contributed by atoms with Crippen LogP contribution in [-0.2, 0) is 9.59 Å². The molecule has 0 radical (unpaired) electrons. The molecular weight excluding hydrogens is 360 g/mol. The molecule has 1 aromatic rings. The summed E-state index contributed by atoms with van der Waals surface area (Å²) in [5.74, 6) is 0.465. The van der Waals surface area contributed by atoms with Gasteiger partial charge in [-0.3, -0.25) is 14.5 Å². The Kier molecular flexibility index (Phi) is 9.83. The zero-order valence-corrected chi connectivity index (χ0v) is 15.8. The fourth-order valence-corrected chi connectivity index (χ4v) is 2.86. The van der Waals surface area contributed by atoms with E-state index in [1.807, 2.05) is 31.2 Å². The number of carbonyl (C=O) groups excluding carboxylic acids is 1. The van der Waals surface area contributed by atoms with Crippen LogP contribution in [0.3, 0.4) is 0 Å². The maximum Gasteiger partial charge on any atom is 0.320 e. The van der Waals surface area contributed by atoms with Crippen LogP contribution in [0.1, 0.15) is 26.2 Å². The maximum atomic E-state index is 12.0. The average Bonchev–Trinajstić information content (AvgIpc) is 2.60. The molecule has 1 heterocycles. The number of rotatable bonds is 9. The van der Waals surface area contributed by atoms with Gasteiger partial charge in [-0.25, -0.2) is 0 Å². The highest BCUT2D eigenvalue weighted by Gasteiger charge is 2.29. The van der Waals surface area contributed by atoms with Gasteiger partial charge in [0.15, 0.2) is 0 Å². The lowest BCUT2D eigenvalue weighted by atomic mass is 10.0. The molecule has 1 aliphatic rings. The van der Waals surface area contributed by atoms with Crippen LogP contribution >= 0.6 is 12.4 Å². The topological polar surface area (TPSA) is 88.1 Å². The minimum absolute atomic E-state index is 0. The number of piperidine rings is 1. The Balaban J connectivity index is 0.00000338. The van der Waals surface area contributed by atoms with Gasteiger partial charge < -0.3 is 19.9 Å². The molecule has 1 fully saturated rings. The first-order valence-electron chi connectivity index (χ1n) is 8.69. The Bertz CT molecular complexity index is 567. The lowest BCUT2D eigenvalue weighted by Gasteiger charge is -2.32. The minimum atomic E-state index is -0.855. The molecule has 1 saturated heterocycles. The first kappa shape index (κ1) is 22.1. The zero-order valence-electron chi connectivity index (χ0n) is 15.0. The molecule has 1 atom stereocenters. The standard InChI is InChI=1S/C18H26N2O5.ClH/c1-2-24-14-6-8-15(9-7-14)25-12-10-19-17(21)13-20-11-4-3-5-16(20)18(22)23;/h6-9,16H,2-5,10-13H2,1H3,(H,19,21)(H,22,23);1H. The molecule has 2 N–H and O–H groups in total. The van der Waals surface area contributed by atoms with Crippen molar-refractivity contribution in [2.45, 2.75) is 32.2 Å². The summed E-state index contributed by atoms with van der Waals surface area (Å²) >= 11 is 0. The van der Waals surface area contributed by atoms with Gasteiger partial charge in [-0.1, -0.05) is 6.42 Å². The number of likely N-dealkylation sites (tertiary alicyclic amines) is 1. The highest BCUT2D eigenvalue weighted by molar-refractivity contribution is 5.85. The third-order valence-corrected chi connectivity index (χ3v) is 4.07. The van der Waals surface area contributed by atoms with E-state index < -0.39 is 12.0 Å². The monoisotopic (exact) mass is 386 g/mol. The summed E-state index contributed by atoms with van der Waals surface area (Å²) in [4.78, 5) is 24.9. The van der Waals surface area contributed by atoms with Gasteiger partial charge in [-0.15, -0.1) is 12.4 Å². The predicted octanol–water partition coefficient (Wildman–Crippen LogP) is 1.94. The molecule has 1 aromatic carbocycles. The first-order chi connectivity index (χ1) is 12.1. The van der Waals surface area contributed by atoms with Crippen molar-refractivity contribution < 1.29 is 24.2 Å². The van der Waals surface area contributed by atoms with Crippen molar-refractivity contribution in [3.8, 4) is 11.5 Å². The van der Waals surface area contributed by atoms with Crippen molar-refractivity contribution in [2.24, 2.45) is 0 Å². The van der Waals surface area contributed by atoms with Crippen molar-refractivity contribution in [1.82, 2.24) is 10.2 Å². The highest BCUT2D eigenvalue weighted by atomic mass is 35.5. The number of halogens is 1. The van der Waals surface area contributed by atoms with Gasteiger partial charge >= 0.3 is 5.97 Å². The number of ether oxygens (including phenoxy) is 2. The summed E-state index contributed by atoms with van der Waals surface area (Å²) in [6.07, 6.45) is 2.42. The van der Waals surface area contributed by atoms with Gasteiger partial charge in [-0.2, -0.15) is 0 Å². The van der Waals surface area contributed by atoms with Crippen molar-refractivity contribution >= 4 is 24.3 Å². The number of amides is 1. The molecule has 0 bridgehead atoms. The normalized spacial score (nSPS) is 17.0. The van der Waals surface area contributed by atoms with Gasteiger partial charge in [0, 0.05) is 0 Å². The van der Waals surface area contributed by atoms with Gasteiger partial charge in [0.05, 0.1) is 19.7 Å². The van der Waals surface area contributed by atoms with Crippen LogP contribution in [0.2, 0.25) is 0 Å². The van der Waals surface area contributed by atoms with E-state index in [1.54, 1.807) is 4.90 Å². The smallest absolute Gasteiger partial charge is 0.320 e. The second-order valence-electron chi connectivity index (χ2n) is 5.92. The Morgan fingerprint density at radius 1 is 1.19 bits per heavy atom. The first-order valence-corrected chi connectivity index (χ1v) is 8.69. The number of carboxylic acid groups (broad SMARTS) is 1. The summed E-state index contributed by atoms with van der Waals surface area (Å²) in [6.45, 7) is 4.02. The van der Waals surface area contributed by atoms with Crippen LogP contribution in [0.5, 0.6) is 11.5 Å². The van der Waals surface area contributed by atoms with E-state index in [-0.39, 0.29) is 24.9 Å². The molecule has 2 rings (SSSR count). The lowest BCUT2D eigenvalue weighted by molar-refractivity contribution is -0.145. The van der Waals surface area contributed by atoms with Gasteiger partial charge in [0.2, 0.25) is 5.91 Å². The van der Waals surface area contributed by atoms with Crippen molar-refractivity contribution in [3.63, 3.8) is 0 Å². The van der Waals surface area contributed by atoms with Crippen LogP contribution in [0.25, 0.3) is 0 Å². The molecule has 0 aromatic heterocycles. The van der Waals surface area contributed by atoms with Crippen LogP contribution in [0.15, 0.2) is 24.3 Å². The molecular formula is C18H27ClN2O5. The zero-order chi connectivity index (χ0) is 18.1. The summed E-state index contributed by atoms with van der Waals surface area (Å²) in [5, 5.41) is 12.0. The van der Waals surface area contributed by atoms with Crippen molar-refractivity contribution in [3.05, 3.63) is 24.3 Å². The fraction of sp³-hybridized carbons (Fsp3) is 0.556. The number of aliphatic carboxylic acids is 1. The van der Waals surface area contributed by atoms with Crippen LogP contribution in [0.4, 0.5) is 0 Å². The number of hydrogen-bond donors (Lipinski definition) is 2. The number of benzene rings is 1. The molecule has 8 heteroatoms. The van der Waals surface area contributed by atoms with Gasteiger partial charge in [0.1, 0.15) is 24.1 Å². The van der Waals surface area contributed by atoms with E-state index in [4.69, 9.17) is 9.47 Å². The second-order valence-corrected chi connectivity index (χ2v) is 5.92. The number of carbonyl (C=O) groups is 2. The third kappa shape index (κ3) is 7.09. The minimum Gasteiger partial charge on any atom is -0.494 e. The van der Waals surface area contributed by atoms with Gasteiger partial charge in [0.25, 0.3) is 0 Å². The van der Waals surface area contributed by atoms with Gasteiger partial charge in [-0.05, 0) is 50.6 Å². The molecule has 146 valence electrons. The van der Waals surface area contributed by atoms with E-state index >= 15 is 0 Å². The lowest BCUT2D eigenvalue weighted by Crippen LogP contribution is -2.49. The number of nitrogens with one attached hydrogen (secondary N) is 1. The Hall–Kier alpha value is -1.99.